The van der Waals surface area contributed by atoms with Gasteiger partial charge in [-0.1, -0.05) is 0 Å². The Kier molecular flexibility index (Phi) is 4.65. The average Bonchev–Trinajstić information content (AvgIpc) is 2.27. The van der Waals surface area contributed by atoms with Gasteiger partial charge in [-0.2, -0.15) is 0 Å². The van der Waals surface area contributed by atoms with Crippen LogP contribution in [0.1, 0.15) is 29.4 Å². The maximum Gasteiger partial charge on any atom is 0.347 e. The fraction of sp³-hybridized carbons (Fsp3) is 0.333. The summed E-state index contributed by atoms with van der Waals surface area (Å²) in [4.78, 5) is 24.7. The molecule has 1 heterocycles. The Balaban J connectivity index is 3.50. The van der Waals surface area contributed by atoms with Gasteiger partial charge in [0.15, 0.2) is 5.56 Å². The highest BCUT2D eigenvalue weighted by Crippen LogP contribution is 2.31. The van der Waals surface area contributed by atoms with Crippen molar-refractivity contribution in [1.82, 2.24) is 4.98 Å². The lowest BCUT2D eigenvalue weighted by atomic mass is 10.1. The van der Waals surface area contributed by atoms with Gasteiger partial charge in [0.05, 0.1) is 11.5 Å². The molecular weight excluding hydrogens is 318 g/mol. The summed E-state index contributed by atoms with van der Waals surface area (Å²) >= 11 is 2.77. The van der Waals surface area contributed by atoms with E-state index in [4.69, 9.17) is 0 Å². The third kappa shape index (κ3) is 2.97. The number of ether oxygens (including phenoxy) is 1. The molecule has 0 N–H and O–H groups in total. The zero-order chi connectivity index (χ0) is 13.9. The van der Waals surface area contributed by atoms with Crippen LogP contribution in [0.25, 0.3) is 0 Å². The Labute approximate surface area is 108 Å². The molecule has 0 saturated carbocycles. The van der Waals surface area contributed by atoms with Crippen LogP contribution in [-0.2, 0) is 4.74 Å². The molecule has 0 atom stereocenters. The Morgan fingerprint density at radius 1 is 1.67 bits per heavy atom. The maximum atomic E-state index is 12.7. The minimum Gasteiger partial charge on any atom is -0.462 e. The van der Waals surface area contributed by atoms with E-state index in [-0.39, 0.29) is 11.2 Å². The van der Waals surface area contributed by atoms with Crippen LogP contribution >= 0.6 is 15.9 Å². The van der Waals surface area contributed by atoms with Crippen molar-refractivity contribution < 1.29 is 23.2 Å². The van der Waals surface area contributed by atoms with Crippen LogP contribution in [0.4, 0.5) is 14.5 Å². The van der Waals surface area contributed by atoms with E-state index in [1.165, 1.54) is 6.92 Å². The molecule has 0 aliphatic heterocycles. The van der Waals surface area contributed by atoms with E-state index >= 15 is 0 Å². The number of pyridine rings is 1. The number of esters is 1. The number of carbonyl (C=O) groups is 1. The van der Waals surface area contributed by atoms with Gasteiger partial charge < -0.3 is 4.74 Å². The van der Waals surface area contributed by atoms with Crippen molar-refractivity contribution >= 4 is 27.6 Å². The molecule has 98 valence electrons. The Morgan fingerprint density at radius 3 is 2.72 bits per heavy atom. The fourth-order valence-electron chi connectivity index (χ4n) is 1.23. The molecular formula is C9H7BrF2N2O4. The molecule has 0 bridgehead atoms. The fourth-order valence-corrected chi connectivity index (χ4v) is 1.64. The normalized spacial score (nSPS) is 10.5. The third-order valence-corrected chi connectivity index (χ3v) is 2.28. The lowest BCUT2D eigenvalue weighted by molar-refractivity contribution is -0.385. The second-order valence-electron chi connectivity index (χ2n) is 3.00. The minimum absolute atomic E-state index is 0.0886. The zero-order valence-corrected chi connectivity index (χ0v) is 10.6. The van der Waals surface area contributed by atoms with Gasteiger partial charge in [-0.3, -0.25) is 10.1 Å². The van der Waals surface area contributed by atoms with Gasteiger partial charge >= 0.3 is 5.97 Å². The molecule has 0 aliphatic rings. The van der Waals surface area contributed by atoms with Crippen molar-refractivity contribution in [1.29, 1.82) is 0 Å². The molecule has 0 saturated heterocycles. The molecule has 0 radical (unpaired) electrons. The SMILES string of the molecule is CCOC(=O)c1c([N+](=O)[O-])cc(Br)nc1C(F)F. The summed E-state index contributed by atoms with van der Waals surface area (Å²) in [7, 11) is 0. The number of rotatable bonds is 4. The molecule has 0 amide bonds. The van der Waals surface area contributed by atoms with Gasteiger partial charge in [-0.05, 0) is 22.9 Å². The highest BCUT2D eigenvalue weighted by molar-refractivity contribution is 9.10. The maximum absolute atomic E-state index is 12.7. The molecule has 0 aromatic carbocycles. The van der Waals surface area contributed by atoms with Crippen molar-refractivity contribution in [3.05, 3.63) is 32.0 Å². The number of alkyl halides is 2. The zero-order valence-electron chi connectivity index (χ0n) is 9.02. The predicted molar refractivity (Wildman–Crippen MR) is 59.5 cm³/mol. The molecule has 18 heavy (non-hydrogen) atoms. The Morgan fingerprint density at radius 2 is 2.28 bits per heavy atom. The molecule has 9 heteroatoms. The van der Waals surface area contributed by atoms with Gasteiger partial charge in [0.2, 0.25) is 0 Å². The summed E-state index contributed by atoms with van der Waals surface area (Å²) in [5.74, 6) is -1.19. The molecule has 1 rings (SSSR count). The molecule has 0 fully saturated rings. The first-order chi connectivity index (χ1) is 8.38. The first kappa shape index (κ1) is 14.4. The summed E-state index contributed by atoms with van der Waals surface area (Å²) in [6.07, 6.45) is -3.12. The quantitative estimate of drug-likeness (QED) is 0.368. The van der Waals surface area contributed by atoms with E-state index in [1.807, 2.05) is 0 Å². The number of nitrogens with zero attached hydrogens (tertiary/aromatic N) is 2. The standard InChI is InChI=1S/C9H7BrF2N2O4/c1-2-18-9(15)6-4(14(16)17)3-5(10)13-7(6)8(11)12/h3,8H,2H2,1H3. The molecule has 0 spiro atoms. The second-order valence-corrected chi connectivity index (χ2v) is 3.82. The van der Waals surface area contributed by atoms with Crippen molar-refractivity contribution in [2.45, 2.75) is 13.3 Å². The van der Waals surface area contributed by atoms with Crippen LogP contribution in [0.2, 0.25) is 0 Å². The summed E-state index contributed by atoms with van der Waals surface area (Å²) < 4.78 is 29.8. The second kappa shape index (κ2) is 5.80. The van der Waals surface area contributed by atoms with Crippen LogP contribution < -0.4 is 0 Å². The molecule has 6 nitrogen and oxygen atoms in total. The van der Waals surface area contributed by atoms with E-state index in [2.05, 4.69) is 25.7 Å². The molecule has 0 unspecified atom stereocenters. The number of halogens is 3. The van der Waals surface area contributed by atoms with E-state index in [0.717, 1.165) is 6.07 Å². The topological polar surface area (TPSA) is 82.3 Å². The highest BCUT2D eigenvalue weighted by atomic mass is 79.9. The first-order valence-corrected chi connectivity index (χ1v) is 5.47. The van der Waals surface area contributed by atoms with E-state index in [0.29, 0.717) is 0 Å². The summed E-state index contributed by atoms with van der Waals surface area (Å²) in [6.45, 7) is 1.37. The van der Waals surface area contributed by atoms with Gasteiger partial charge in [0.25, 0.3) is 12.1 Å². The smallest absolute Gasteiger partial charge is 0.347 e. The summed E-state index contributed by atoms with van der Waals surface area (Å²) in [5.41, 5.74) is -2.57. The van der Waals surface area contributed by atoms with Gasteiger partial charge in [-0.15, -0.1) is 0 Å². The largest absolute Gasteiger partial charge is 0.462 e. The highest BCUT2D eigenvalue weighted by Gasteiger charge is 2.31. The van der Waals surface area contributed by atoms with Crippen LogP contribution in [0.15, 0.2) is 10.7 Å². The molecule has 0 aliphatic carbocycles. The van der Waals surface area contributed by atoms with E-state index in [9.17, 15) is 23.7 Å². The number of nitro groups is 1. The van der Waals surface area contributed by atoms with Crippen molar-refractivity contribution in [3.63, 3.8) is 0 Å². The summed E-state index contributed by atoms with van der Waals surface area (Å²) in [5, 5.41) is 10.8. The minimum atomic E-state index is -3.12. The Hall–Kier alpha value is -1.64. The number of hydrogen-bond acceptors (Lipinski definition) is 5. The number of hydrogen-bond donors (Lipinski definition) is 0. The first-order valence-electron chi connectivity index (χ1n) is 4.68. The van der Waals surface area contributed by atoms with Crippen LogP contribution in [-0.4, -0.2) is 22.5 Å². The predicted octanol–water partition coefficient (Wildman–Crippen LogP) is 2.87. The van der Waals surface area contributed by atoms with Gasteiger partial charge in [0.1, 0.15) is 10.3 Å². The van der Waals surface area contributed by atoms with Crippen LogP contribution in [0.5, 0.6) is 0 Å². The lowest BCUT2D eigenvalue weighted by Crippen LogP contribution is -2.13. The van der Waals surface area contributed by atoms with E-state index < -0.39 is 34.3 Å². The van der Waals surface area contributed by atoms with Crippen LogP contribution in [0.3, 0.4) is 0 Å². The average molecular weight is 325 g/mol. The number of aromatic nitrogens is 1. The van der Waals surface area contributed by atoms with Crippen LogP contribution in [0, 0.1) is 10.1 Å². The van der Waals surface area contributed by atoms with Crippen molar-refractivity contribution in [3.8, 4) is 0 Å². The summed E-state index contributed by atoms with van der Waals surface area (Å²) in [6, 6.07) is 0.873. The van der Waals surface area contributed by atoms with Crippen molar-refractivity contribution in [2.24, 2.45) is 0 Å². The third-order valence-electron chi connectivity index (χ3n) is 1.88. The molecule has 1 aromatic heterocycles. The molecule has 1 aromatic rings. The van der Waals surface area contributed by atoms with E-state index in [1.54, 1.807) is 0 Å². The monoisotopic (exact) mass is 324 g/mol. The van der Waals surface area contributed by atoms with Gasteiger partial charge in [0, 0.05) is 6.07 Å². The Bertz CT molecular complexity index is 496. The van der Waals surface area contributed by atoms with Gasteiger partial charge in [-0.25, -0.2) is 18.6 Å². The van der Waals surface area contributed by atoms with Crippen molar-refractivity contribution in [2.75, 3.05) is 6.61 Å². The number of carbonyl (C=O) groups excluding carboxylic acids is 1. The lowest BCUT2D eigenvalue weighted by Gasteiger charge is -2.08.